The minimum atomic E-state index is -0.999. The number of ether oxygens (including phenoxy) is 1. The van der Waals surface area contributed by atoms with Gasteiger partial charge >= 0.3 is 6.03 Å². The molecular formula is C32H39N7O4. The van der Waals surface area contributed by atoms with Gasteiger partial charge < -0.3 is 36.6 Å². The number of phenolic OH excluding ortho intramolecular Hbond substituents is 1. The number of rotatable bonds is 9. The van der Waals surface area contributed by atoms with Gasteiger partial charge in [0.15, 0.2) is 0 Å². The van der Waals surface area contributed by atoms with Gasteiger partial charge in [-0.1, -0.05) is 13.0 Å². The van der Waals surface area contributed by atoms with Crippen LogP contribution in [0.15, 0.2) is 59.9 Å². The van der Waals surface area contributed by atoms with Gasteiger partial charge in [-0.25, -0.2) is 14.3 Å². The molecule has 0 spiro atoms. The van der Waals surface area contributed by atoms with Crippen molar-refractivity contribution in [3.8, 4) is 16.9 Å². The normalized spacial score (nSPS) is 15.6. The Kier molecular flexibility index (Phi) is 8.56. The molecule has 0 unspecified atom stereocenters. The predicted molar refractivity (Wildman–Crippen MR) is 169 cm³/mol. The number of fused-ring (bicyclic) bond motifs is 1. The van der Waals surface area contributed by atoms with E-state index in [1.54, 1.807) is 38.2 Å². The zero-order valence-corrected chi connectivity index (χ0v) is 24.9. The Hall–Kier alpha value is -4.61. The molecule has 1 atom stereocenters. The van der Waals surface area contributed by atoms with Crippen molar-refractivity contribution in [1.29, 1.82) is 0 Å². The lowest BCUT2D eigenvalue weighted by molar-refractivity contribution is 0.0826. The molecule has 1 saturated heterocycles. The minimum Gasteiger partial charge on any atom is -0.508 e. The lowest BCUT2D eigenvalue weighted by Crippen LogP contribution is -2.40. The zero-order chi connectivity index (χ0) is 30.7. The molecule has 1 aliphatic rings. The van der Waals surface area contributed by atoms with Gasteiger partial charge in [-0.05, 0) is 86.7 Å². The highest BCUT2D eigenvalue weighted by molar-refractivity contribution is 6.06. The van der Waals surface area contributed by atoms with Gasteiger partial charge in [-0.2, -0.15) is 5.10 Å². The molecule has 7 N–H and O–H groups in total. The summed E-state index contributed by atoms with van der Waals surface area (Å²) < 4.78 is 7.44. The molecule has 11 nitrogen and oxygen atoms in total. The van der Waals surface area contributed by atoms with Crippen LogP contribution in [0.5, 0.6) is 5.75 Å². The predicted octanol–water partition coefficient (Wildman–Crippen LogP) is 4.71. The number of nitrogens with one attached hydrogen (secondary N) is 3. The number of amides is 2. The molecule has 4 aromatic rings. The monoisotopic (exact) mass is 585 g/mol. The molecule has 0 aliphatic carbocycles. The summed E-state index contributed by atoms with van der Waals surface area (Å²) in [6, 6.07) is 12.6. The molecule has 0 saturated carbocycles. The van der Waals surface area contributed by atoms with Crippen LogP contribution in [0.4, 0.5) is 21.9 Å². The maximum atomic E-state index is 12.3. The average Bonchev–Trinajstić information content (AvgIpc) is 3.63. The van der Waals surface area contributed by atoms with Crippen LogP contribution in [0.2, 0.25) is 0 Å². The number of hydrogen-bond donors (Lipinski definition) is 6. The topological polar surface area (TPSA) is 159 Å². The highest BCUT2D eigenvalue weighted by Gasteiger charge is 2.22. The molecule has 5 rings (SSSR count). The van der Waals surface area contributed by atoms with Crippen LogP contribution in [0.3, 0.4) is 0 Å². The zero-order valence-electron chi connectivity index (χ0n) is 24.9. The SMILES string of the molecule is CCc1cc(O)ccc1/N=C(\N)c1cnn2cc(-c3ccc(NC(=O)NCC(C)(C)O)cc3C)cc2c1N[C@H]1CCOC1. The molecule has 2 amide bonds. The summed E-state index contributed by atoms with van der Waals surface area (Å²) in [6.07, 6.45) is 5.24. The van der Waals surface area contributed by atoms with E-state index in [0.717, 1.165) is 39.9 Å². The fourth-order valence-electron chi connectivity index (χ4n) is 5.09. The summed E-state index contributed by atoms with van der Waals surface area (Å²) in [7, 11) is 0. The summed E-state index contributed by atoms with van der Waals surface area (Å²) >= 11 is 0. The largest absolute Gasteiger partial charge is 0.508 e. The van der Waals surface area contributed by atoms with Gasteiger partial charge in [-0.3, -0.25) is 0 Å². The third-order valence-corrected chi connectivity index (χ3v) is 7.35. The van der Waals surface area contributed by atoms with E-state index in [2.05, 4.69) is 27.1 Å². The van der Waals surface area contributed by atoms with E-state index in [0.29, 0.717) is 42.4 Å². The standard InChI is InChI=1S/C32H39N7O4/c1-5-20-13-24(40)7-9-27(20)38-30(33)26-15-35-39-16-21(14-28(39)29(26)36-23-10-11-43-17-23)25-8-6-22(12-19(25)2)37-31(41)34-18-32(3,4)42/h6-9,12-16,23,36,40,42H,5,10-11,17-18H2,1-4H3,(H2,33,38)(H2,34,37,41)/t23-/m0/s1. The van der Waals surface area contributed by atoms with Crippen LogP contribution >= 0.6 is 0 Å². The molecule has 3 heterocycles. The summed E-state index contributed by atoms with van der Waals surface area (Å²) in [5.41, 5.74) is 13.1. The third-order valence-electron chi connectivity index (χ3n) is 7.35. The number of amidine groups is 1. The maximum absolute atomic E-state index is 12.3. The first-order valence-corrected chi connectivity index (χ1v) is 14.4. The van der Waals surface area contributed by atoms with Gasteiger partial charge in [0.1, 0.15) is 11.6 Å². The molecule has 2 aromatic carbocycles. The Morgan fingerprint density at radius 2 is 2.05 bits per heavy atom. The first kappa shape index (κ1) is 29.9. The highest BCUT2D eigenvalue weighted by atomic mass is 16.5. The van der Waals surface area contributed by atoms with Crippen molar-refractivity contribution in [3.05, 3.63) is 71.5 Å². The second kappa shape index (κ2) is 12.3. The van der Waals surface area contributed by atoms with E-state index in [1.807, 2.05) is 42.8 Å². The van der Waals surface area contributed by atoms with Gasteiger partial charge in [-0.15, -0.1) is 0 Å². The van der Waals surface area contributed by atoms with Crippen molar-refractivity contribution in [2.75, 3.05) is 30.4 Å². The Balaban J connectivity index is 1.49. The van der Waals surface area contributed by atoms with Crippen LogP contribution in [-0.4, -0.2) is 63.1 Å². The van der Waals surface area contributed by atoms with E-state index in [1.165, 1.54) is 0 Å². The lowest BCUT2D eigenvalue weighted by atomic mass is 10.0. The maximum Gasteiger partial charge on any atom is 0.319 e. The van der Waals surface area contributed by atoms with Crippen molar-refractivity contribution in [2.24, 2.45) is 10.7 Å². The molecule has 0 bridgehead atoms. The van der Waals surface area contributed by atoms with Gasteiger partial charge in [0.05, 0.1) is 46.9 Å². The number of aliphatic imine (C=N–C) groups is 1. The van der Waals surface area contributed by atoms with Crippen LogP contribution in [0.25, 0.3) is 16.6 Å². The first-order chi connectivity index (χ1) is 20.5. The van der Waals surface area contributed by atoms with Crippen molar-refractivity contribution >= 4 is 34.4 Å². The number of aromatic hydroxyl groups is 1. The van der Waals surface area contributed by atoms with E-state index in [9.17, 15) is 15.0 Å². The number of aromatic nitrogens is 2. The van der Waals surface area contributed by atoms with Crippen LogP contribution in [0, 0.1) is 6.92 Å². The number of phenols is 1. The van der Waals surface area contributed by atoms with E-state index in [-0.39, 0.29) is 24.4 Å². The molecule has 43 heavy (non-hydrogen) atoms. The quantitative estimate of drug-likeness (QED) is 0.123. The Morgan fingerprint density at radius 1 is 1.23 bits per heavy atom. The second-order valence-corrected chi connectivity index (χ2v) is 11.5. The average molecular weight is 586 g/mol. The Morgan fingerprint density at radius 3 is 2.74 bits per heavy atom. The molecule has 1 fully saturated rings. The molecule has 0 radical (unpaired) electrons. The number of nitrogens with zero attached hydrogens (tertiary/aromatic N) is 3. The molecular weight excluding hydrogens is 546 g/mol. The summed E-state index contributed by atoms with van der Waals surface area (Å²) in [4.78, 5) is 17.0. The number of nitrogens with two attached hydrogens (primary N) is 1. The second-order valence-electron chi connectivity index (χ2n) is 11.5. The van der Waals surface area contributed by atoms with Gasteiger partial charge in [0, 0.05) is 30.6 Å². The Labute approximate surface area is 250 Å². The van der Waals surface area contributed by atoms with Crippen molar-refractivity contribution in [2.45, 2.75) is 52.2 Å². The number of hydrogen-bond acceptors (Lipinski definition) is 7. The third kappa shape index (κ3) is 7.07. The summed E-state index contributed by atoms with van der Waals surface area (Å²) in [6.45, 7) is 8.67. The van der Waals surface area contributed by atoms with E-state index >= 15 is 0 Å². The number of benzene rings is 2. The highest BCUT2D eigenvalue weighted by Crippen LogP contribution is 2.33. The molecule has 226 valence electrons. The van der Waals surface area contributed by atoms with Gasteiger partial charge in [0.25, 0.3) is 0 Å². The number of anilines is 2. The minimum absolute atomic E-state index is 0.116. The first-order valence-electron chi connectivity index (χ1n) is 14.4. The number of urea groups is 1. The molecule has 11 heteroatoms. The van der Waals surface area contributed by atoms with Crippen LogP contribution < -0.4 is 21.7 Å². The number of carbonyl (C=O) groups is 1. The fourth-order valence-corrected chi connectivity index (χ4v) is 5.09. The van der Waals surface area contributed by atoms with Crippen LogP contribution in [-0.2, 0) is 11.2 Å². The van der Waals surface area contributed by atoms with E-state index in [4.69, 9.17) is 15.5 Å². The molecule has 1 aliphatic heterocycles. The number of aryl methyl sites for hydroxylation is 2. The summed E-state index contributed by atoms with van der Waals surface area (Å²) in [5, 5.41) is 33.6. The Bertz CT molecular complexity index is 1670. The van der Waals surface area contributed by atoms with Crippen molar-refractivity contribution < 1.29 is 19.7 Å². The van der Waals surface area contributed by atoms with Crippen molar-refractivity contribution in [3.63, 3.8) is 0 Å². The van der Waals surface area contributed by atoms with Gasteiger partial charge in [0.2, 0.25) is 0 Å². The number of aliphatic hydroxyl groups is 1. The van der Waals surface area contributed by atoms with Crippen molar-refractivity contribution in [1.82, 2.24) is 14.9 Å². The molecule has 2 aromatic heterocycles. The van der Waals surface area contributed by atoms with E-state index < -0.39 is 5.60 Å². The smallest absolute Gasteiger partial charge is 0.319 e. The fraction of sp³-hybridized carbons (Fsp3) is 0.344. The van der Waals surface area contributed by atoms with Crippen LogP contribution in [0.1, 0.15) is 43.9 Å². The number of carbonyl (C=O) groups excluding carboxylic acids is 1. The summed E-state index contributed by atoms with van der Waals surface area (Å²) in [5.74, 6) is 0.504. The lowest BCUT2D eigenvalue weighted by Gasteiger charge is -2.18.